The number of benzene rings is 2. The highest BCUT2D eigenvalue weighted by Gasteiger charge is 2.62. The number of hydrogen-bond acceptors (Lipinski definition) is 33. The molecule has 0 radical (unpaired) electrons. The Hall–Kier alpha value is -9.43. The summed E-state index contributed by atoms with van der Waals surface area (Å²) in [7, 11) is 10.5. The van der Waals surface area contributed by atoms with Crippen LogP contribution in [0.1, 0.15) is 203 Å². The molecule has 0 spiro atoms. The number of unbranched alkanes of at least 4 members (excludes halogenated alkanes) is 2. The van der Waals surface area contributed by atoms with Crippen LogP contribution >= 0.6 is 0 Å². The number of nitrogens with two attached hydrogens (primary N) is 1. The second-order valence-electron chi connectivity index (χ2n) is 41.9. The highest BCUT2D eigenvalue weighted by Crippen LogP contribution is 2.45. The van der Waals surface area contributed by atoms with Crippen molar-refractivity contribution in [3.05, 3.63) is 73.6 Å². The largest absolute Gasteiger partial charge is 0.458 e. The number of aliphatic hydroxyl groups is 2. The Labute approximate surface area is 825 Å². The zero-order valence-electron chi connectivity index (χ0n) is 87.1. The number of amides is 5. The summed E-state index contributed by atoms with van der Waals surface area (Å²) in [4.78, 5) is 130. The van der Waals surface area contributed by atoms with Crippen LogP contribution in [0.25, 0.3) is 22.5 Å². The number of rotatable bonds is 29. The van der Waals surface area contributed by atoms with Gasteiger partial charge < -0.3 is 103 Å². The number of hydrogen-bond donors (Lipinski definition) is 8. The molecule has 9 N–H and O–H groups in total. The Morgan fingerprint density at radius 1 is 0.586 bits per heavy atom. The Balaban J connectivity index is 0.000000314. The van der Waals surface area contributed by atoms with Crippen LogP contribution in [0.5, 0.6) is 0 Å². The van der Waals surface area contributed by atoms with E-state index in [9.17, 15) is 53.4 Å². The number of nitrogens with one attached hydrogen (secondary N) is 5. The number of aromatic nitrogens is 6. The van der Waals surface area contributed by atoms with Gasteiger partial charge in [0.1, 0.15) is 65.4 Å². The zero-order valence-corrected chi connectivity index (χ0v) is 87.1. The lowest BCUT2D eigenvalue weighted by atomic mass is 9.78. The highest BCUT2D eigenvalue weighted by atomic mass is 16.7. The summed E-state index contributed by atoms with van der Waals surface area (Å²) in [5.41, 5.74) is 3.84. The number of methoxy groups -OCH3 is 2. The number of Topliss-reactive ketones (excluding diaryl/α,β-unsaturated/α-hetero) is 2. The first-order valence-electron chi connectivity index (χ1n) is 49.4. The minimum Gasteiger partial charge on any atom is -0.458 e. The van der Waals surface area contributed by atoms with Crippen molar-refractivity contribution < 1.29 is 115 Å². The zero-order chi connectivity index (χ0) is 104. The number of alkyl carbamates (subject to hydrolysis) is 1. The molecule has 6 fully saturated rings. The normalized spacial score (nSPS) is 32.6. The Morgan fingerprint density at radius 3 is 1.34 bits per heavy atom. The quantitative estimate of drug-likeness (QED) is 0.00823. The summed E-state index contributed by atoms with van der Waals surface area (Å²) in [5.74, 6) is -6.98. The number of nitrogens with zero attached hydrogens (tertiary/aromatic N) is 10. The molecule has 6 aliphatic rings. The number of esters is 2. The molecule has 784 valence electrons. The van der Waals surface area contributed by atoms with E-state index in [1.807, 2.05) is 123 Å². The summed E-state index contributed by atoms with van der Waals surface area (Å²) in [6.07, 6.45) is -2.41. The van der Waals surface area contributed by atoms with E-state index >= 15 is 0 Å². The smallest absolute Gasteiger partial charge is 0.412 e. The maximum absolute atomic E-state index is 14.6. The monoisotopic (exact) mass is 1970 g/mol. The van der Waals surface area contributed by atoms with Crippen LogP contribution in [0, 0.1) is 35.5 Å². The van der Waals surface area contributed by atoms with Crippen molar-refractivity contribution in [1.82, 2.24) is 65.5 Å². The van der Waals surface area contributed by atoms with Crippen LogP contribution in [0.4, 0.5) is 35.3 Å². The van der Waals surface area contributed by atoms with Gasteiger partial charge in [-0.1, -0.05) is 88.9 Å². The Bertz CT molecular complexity index is 4780. The molecule has 2 aromatic heterocycles. The molecule has 26 atom stereocenters. The topological polar surface area (TPSA) is 475 Å². The fraction of sp³-hybridized carbons (Fsp3) is 0.730. The molecule has 6 aliphatic heterocycles. The number of aryl methyl sites for hydroxylation is 2. The molecule has 0 aliphatic carbocycles. The molecule has 10 rings (SSSR count). The van der Waals surface area contributed by atoms with E-state index < -0.39 is 191 Å². The van der Waals surface area contributed by atoms with Gasteiger partial charge in [0.2, 0.25) is 0 Å². The van der Waals surface area contributed by atoms with Crippen LogP contribution in [0.2, 0.25) is 0 Å². The lowest BCUT2D eigenvalue weighted by molar-refractivity contribution is -0.296. The van der Waals surface area contributed by atoms with Crippen molar-refractivity contribution in [2.24, 2.45) is 41.2 Å². The fourth-order valence-corrected chi connectivity index (χ4v) is 20.3. The van der Waals surface area contributed by atoms with Gasteiger partial charge in [-0.25, -0.2) is 24.0 Å². The number of aliphatic hydroxyl groups excluding tert-OH is 2. The van der Waals surface area contributed by atoms with E-state index in [1.54, 1.807) is 120 Å². The van der Waals surface area contributed by atoms with Crippen LogP contribution < -0.4 is 32.3 Å². The maximum atomic E-state index is 14.6. The van der Waals surface area contributed by atoms with Gasteiger partial charge in [0.05, 0.1) is 60.1 Å². The third kappa shape index (κ3) is 29.2. The first kappa shape index (κ1) is 114. The van der Waals surface area contributed by atoms with Crippen molar-refractivity contribution in [2.45, 2.75) is 347 Å². The number of likely N-dealkylation sites (N-methyl/N-ethyl adjacent to an activating group) is 2. The molecule has 2 aromatic carbocycles. The molecule has 6 saturated heterocycles. The summed E-state index contributed by atoms with van der Waals surface area (Å²) in [6.45, 7) is 42.8. The van der Waals surface area contributed by atoms with Gasteiger partial charge in [-0.2, -0.15) is 0 Å². The molecule has 0 bridgehead atoms. The predicted octanol–water partition coefficient (Wildman–Crippen LogP) is 10.9. The van der Waals surface area contributed by atoms with E-state index in [0.717, 1.165) is 11.1 Å². The summed E-state index contributed by atoms with van der Waals surface area (Å²) >= 11 is 0. The molecule has 8 heterocycles. The lowest BCUT2D eigenvalue weighted by Crippen LogP contribution is -2.61. The standard InChI is InChI=1S/C52H82N8O13.C48H78N8O11/c1-15-24-68-47(64)54-29-37-26-39(58(12)13)42(62)46(69-37)71-44-32(4)41(61)33(5)45(63)70-40(16-2)52(11)43(34(6)53-28-31(3)27-51(44,10)67-14)60(49(66)73-52)23-18-17-22-59-30-38(56-57-59)35-20-19-21-36(25-35)55-48(65)72-50(7,8)9;1-14-37-48(10)40(56(45(61)67-48)21-16-15-20-55-27-35(52-53-55)32-18-17-19-33(22-32)51-44(60)66-46(6,7)8)31(5)50-26-28(2)24-47(9,62-13)41(29(3)38(57)30(4)42(59)64-37)65-43-39(58)36(54(11)12)23-34(25-49)63-43/h15,19-21,25,30-34,37,39-40,42-44,46,53,62H,1,16-18,22-24,26-29H2,2-14H3,(H,54,64)(H,55,65);17-19,22,27-31,34,36-37,39-41,43,50,58H,14-16,20-21,23-26,49H2,1-13H3,(H,51,60)/t31-,32+,33-,34-,37+,39?,40-,42-,43-,44-,46+,51-,52-;28-,29+,30-,31-,34+,36?,37-,39-,40-,41-,43+,47-,48-/m11/s1. The van der Waals surface area contributed by atoms with Crippen molar-refractivity contribution in [1.29, 1.82) is 0 Å². The van der Waals surface area contributed by atoms with Crippen molar-refractivity contribution in [3.8, 4) is 22.5 Å². The van der Waals surface area contributed by atoms with Gasteiger partial charge in [0.25, 0.3) is 0 Å². The van der Waals surface area contributed by atoms with Crippen molar-refractivity contribution in [3.63, 3.8) is 0 Å². The van der Waals surface area contributed by atoms with E-state index in [-0.39, 0.29) is 56.1 Å². The molecule has 5 amide bonds. The Morgan fingerprint density at radius 2 is 0.971 bits per heavy atom. The van der Waals surface area contributed by atoms with Gasteiger partial charge >= 0.3 is 42.4 Å². The number of anilines is 2. The average Bonchev–Trinajstić information content (AvgIpc) is 1.59. The number of carbonyl (C=O) groups excluding carboxylic acids is 9. The second-order valence-corrected chi connectivity index (χ2v) is 41.9. The maximum Gasteiger partial charge on any atom is 0.412 e. The minimum atomic E-state index is -1.31. The van der Waals surface area contributed by atoms with Crippen molar-refractivity contribution in [2.75, 3.05) is 98.9 Å². The second kappa shape index (κ2) is 49.7. The fourth-order valence-electron chi connectivity index (χ4n) is 20.3. The first-order chi connectivity index (χ1) is 65.8. The SMILES string of the molecule is C=CCOC(=O)NC[C@@H]1CC(N(C)C)[C@@H](O)[C@H](O[C@@H]2[C@@H](C)C(=O)[C@@H](C)C(=O)O[C@H](CC)[C@@]3(C)OC(=O)N(CCCCn4cc(-c5cccc(NC(=O)OC(C)(C)C)c5)nn4)[C@@H]3[C@@H](C)NC[C@H](C)C[C@@]2(C)OC)O1.CC[C@H]1OC(=O)[C@H](C)C(=O)[C@H](C)[C@@H](O[C@@H]2O[C@H](CN)CC(N(C)C)[C@H]2O)[C@](C)(OC)C[C@@H](C)CN[C@H](C)[C@H]2N(CCCCn3cc(-c4cccc(NC(=O)OC(C)(C)C)c4)nn3)C(=O)O[C@]12C. The van der Waals surface area contributed by atoms with Crippen LogP contribution in [-0.4, -0.2) is 333 Å². The van der Waals surface area contributed by atoms with Gasteiger partial charge in [-0.3, -0.25) is 49.0 Å². The number of ketones is 2. The third-order valence-corrected chi connectivity index (χ3v) is 27.7. The molecule has 40 nitrogen and oxygen atoms in total. The Kier molecular flexibility index (Phi) is 40.5. The van der Waals surface area contributed by atoms with E-state index in [2.05, 4.69) is 60.7 Å². The summed E-state index contributed by atoms with van der Waals surface area (Å²) in [6, 6.07) is 11.9. The number of fused-ring (bicyclic) bond motifs is 2. The minimum absolute atomic E-state index is 0.0302. The first-order valence-corrected chi connectivity index (χ1v) is 49.4. The molecule has 4 aromatic rings. The van der Waals surface area contributed by atoms with Crippen LogP contribution in [-0.2, 0) is 93.8 Å². The van der Waals surface area contributed by atoms with E-state index in [1.165, 1.54) is 27.0 Å². The predicted molar refractivity (Wildman–Crippen MR) is 522 cm³/mol. The molecule has 2 unspecified atom stereocenters. The average molecular weight is 1970 g/mol. The molecule has 140 heavy (non-hydrogen) atoms. The molecule has 0 saturated carbocycles. The lowest BCUT2D eigenvalue weighted by Gasteiger charge is -2.47. The van der Waals surface area contributed by atoms with Crippen molar-refractivity contribution >= 4 is 65.3 Å². The van der Waals surface area contributed by atoms with Gasteiger partial charge in [-0.05, 0) is 239 Å². The van der Waals surface area contributed by atoms with E-state index in [0.29, 0.717) is 120 Å². The number of carbonyl (C=O) groups is 9. The van der Waals surface area contributed by atoms with Crippen LogP contribution in [0.3, 0.4) is 0 Å². The summed E-state index contributed by atoms with van der Waals surface area (Å²) < 4.78 is 82.8. The summed E-state index contributed by atoms with van der Waals surface area (Å²) in [5, 5.41) is 56.2. The van der Waals surface area contributed by atoms with Gasteiger partial charge in [0.15, 0.2) is 35.3 Å². The number of ether oxygens (including phenoxy) is 13. The highest BCUT2D eigenvalue weighted by molar-refractivity contribution is 6.01. The third-order valence-electron chi connectivity index (χ3n) is 27.7. The molecular weight excluding hydrogens is 1810 g/mol. The van der Waals surface area contributed by atoms with E-state index in [4.69, 9.17) is 67.3 Å². The molecular formula is C100H160N16O24. The van der Waals surface area contributed by atoms with Gasteiger partial charge in [-0.15, -0.1) is 10.2 Å². The number of cyclic esters (lactones) is 2. The molecule has 40 heteroatoms. The van der Waals surface area contributed by atoms with Crippen LogP contribution in [0.15, 0.2) is 73.6 Å². The van der Waals surface area contributed by atoms with Gasteiger partial charge in [0, 0.05) is 112 Å².